The Labute approximate surface area is 72.9 Å². The highest BCUT2D eigenvalue weighted by Crippen LogP contribution is 2.02. The van der Waals surface area contributed by atoms with Gasteiger partial charge in [-0.2, -0.15) is 0 Å². The van der Waals surface area contributed by atoms with Gasteiger partial charge in [-0.15, -0.1) is 0 Å². The second-order valence-electron chi connectivity index (χ2n) is 3.37. The van der Waals surface area contributed by atoms with E-state index in [4.69, 9.17) is 4.74 Å². The SMILES string of the molecule is CN(C)CC(=O)NC1CCOC1. The number of rotatable bonds is 3. The molecule has 4 nitrogen and oxygen atoms in total. The summed E-state index contributed by atoms with van der Waals surface area (Å²) in [6.45, 7) is 1.89. The molecule has 0 saturated carbocycles. The molecular weight excluding hydrogens is 156 g/mol. The van der Waals surface area contributed by atoms with Gasteiger partial charge in [-0.25, -0.2) is 0 Å². The molecule has 0 aromatic rings. The largest absolute Gasteiger partial charge is 0.379 e. The molecule has 0 radical (unpaired) electrons. The standard InChI is InChI=1S/C8H16N2O2/c1-10(2)5-8(11)9-7-3-4-12-6-7/h7H,3-6H2,1-2H3,(H,9,11). The first-order valence-corrected chi connectivity index (χ1v) is 4.20. The Morgan fingerprint density at radius 2 is 2.42 bits per heavy atom. The van der Waals surface area contributed by atoms with Crippen LogP contribution in [-0.4, -0.2) is 50.7 Å². The molecule has 1 aliphatic heterocycles. The van der Waals surface area contributed by atoms with E-state index in [0.29, 0.717) is 13.2 Å². The number of ether oxygens (including phenoxy) is 1. The quantitative estimate of drug-likeness (QED) is 0.621. The van der Waals surface area contributed by atoms with E-state index in [2.05, 4.69) is 5.32 Å². The summed E-state index contributed by atoms with van der Waals surface area (Å²) in [4.78, 5) is 13.1. The van der Waals surface area contributed by atoms with Crippen molar-refractivity contribution in [2.75, 3.05) is 33.9 Å². The summed E-state index contributed by atoms with van der Waals surface area (Å²) in [6.07, 6.45) is 0.944. The lowest BCUT2D eigenvalue weighted by molar-refractivity contribution is -0.122. The van der Waals surface area contributed by atoms with Gasteiger partial charge in [0.1, 0.15) is 0 Å². The molecule has 1 atom stereocenters. The third-order valence-electron chi connectivity index (χ3n) is 1.75. The fourth-order valence-electron chi connectivity index (χ4n) is 1.21. The van der Waals surface area contributed by atoms with Gasteiger partial charge in [-0.3, -0.25) is 4.79 Å². The molecule has 0 bridgehead atoms. The molecule has 0 aromatic carbocycles. The fourth-order valence-corrected chi connectivity index (χ4v) is 1.21. The van der Waals surface area contributed by atoms with Crippen LogP contribution in [0.4, 0.5) is 0 Å². The van der Waals surface area contributed by atoms with E-state index in [1.54, 1.807) is 0 Å². The third-order valence-corrected chi connectivity index (χ3v) is 1.75. The fraction of sp³-hybridized carbons (Fsp3) is 0.875. The predicted octanol–water partition coefficient (Wildman–Crippen LogP) is -0.547. The second kappa shape index (κ2) is 4.42. The highest BCUT2D eigenvalue weighted by molar-refractivity contribution is 5.78. The van der Waals surface area contributed by atoms with Crippen LogP contribution in [-0.2, 0) is 9.53 Å². The summed E-state index contributed by atoms with van der Waals surface area (Å²) in [5.41, 5.74) is 0. The summed E-state index contributed by atoms with van der Waals surface area (Å²) in [5.74, 6) is 0.0792. The van der Waals surface area contributed by atoms with Gasteiger partial charge in [0.05, 0.1) is 19.2 Å². The van der Waals surface area contributed by atoms with Crippen LogP contribution in [0.1, 0.15) is 6.42 Å². The van der Waals surface area contributed by atoms with E-state index < -0.39 is 0 Å². The van der Waals surface area contributed by atoms with Gasteiger partial charge < -0.3 is 15.0 Å². The van der Waals surface area contributed by atoms with Gasteiger partial charge in [-0.05, 0) is 20.5 Å². The van der Waals surface area contributed by atoms with Crippen LogP contribution in [0.5, 0.6) is 0 Å². The molecule has 1 heterocycles. The van der Waals surface area contributed by atoms with Crippen LogP contribution in [0.25, 0.3) is 0 Å². The average Bonchev–Trinajstić information content (AvgIpc) is 2.37. The Balaban J connectivity index is 2.16. The lowest BCUT2D eigenvalue weighted by atomic mass is 10.2. The number of likely N-dealkylation sites (N-methyl/N-ethyl adjacent to an activating group) is 1. The molecule has 0 aromatic heterocycles. The number of nitrogens with one attached hydrogen (secondary N) is 1. The molecule has 70 valence electrons. The van der Waals surface area contributed by atoms with Crippen molar-refractivity contribution in [2.24, 2.45) is 0 Å². The summed E-state index contributed by atoms with van der Waals surface area (Å²) in [5, 5.41) is 2.90. The van der Waals surface area contributed by atoms with E-state index in [1.165, 1.54) is 0 Å². The summed E-state index contributed by atoms with van der Waals surface area (Å²) >= 11 is 0. The molecule has 0 spiro atoms. The zero-order chi connectivity index (χ0) is 8.97. The van der Waals surface area contributed by atoms with Gasteiger partial charge in [0, 0.05) is 6.61 Å². The van der Waals surface area contributed by atoms with E-state index in [9.17, 15) is 4.79 Å². The second-order valence-corrected chi connectivity index (χ2v) is 3.37. The summed E-state index contributed by atoms with van der Waals surface area (Å²) < 4.78 is 5.13. The van der Waals surface area contributed by atoms with Gasteiger partial charge in [0.25, 0.3) is 0 Å². The Kier molecular flexibility index (Phi) is 3.49. The maximum absolute atomic E-state index is 11.2. The minimum absolute atomic E-state index is 0.0792. The van der Waals surface area contributed by atoms with Crippen molar-refractivity contribution in [3.8, 4) is 0 Å². The molecule has 1 saturated heterocycles. The average molecular weight is 172 g/mol. The molecule has 1 amide bonds. The highest BCUT2D eigenvalue weighted by atomic mass is 16.5. The van der Waals surface area contributed by atoms with E-state index in [0.717, 1.165) is 13.0 Å². The van der Waals surface area contributed by atoms with Crippen molar-refractivity contribution in [3.05, 3.63) is 0 Å². The lowest BCUT2D eigenvalue weighted by Gasteiger charge is -2.13. The number of nitrogens with zero attached hydrogens (tertiary/aromatic N) is 1. The summed E-state index contributed by atoms with van der Waals surface area (Å²) in [7, 11) is 3.76. The van der Waals surface area contributed by atoms with Crippen LogP contribution in [0, 0.1) is 0 Å². The monoisotopic (exact) mass is 172 g/mol. The van der Waals surface area contributed by atoms with Crippen molar-refractivity contribution in [2.45, 2.75) is 12.5 Å². The topological polar surface area (TPSA) is 41.6 Å². The minimum Gasteiger partial charge on any atom is -0.379 e. The van der Waals surface area contributed by atoms with E-state index >= 15 is 0 Å². The molecule has 12 heavy (non-hydrogen) atoms. The van der Waals surface area contributed by atoms with E-state index in [-0.39, 0.29) is 11.9 Å². The van der Waals surface area contributed by atoms with Crippen molar-refractivity contribution in [1.29, 1.82) is 0 Å². The van der Waals surface area contributed by atoms with Gasteiger partial charge in [0.15, 0.2) is 0 Å². The molecule has 1 N–H and O–H groups in total. The number of carbonyl (C=O) groups is 1. The van der Waals surface area contributed by atoms with Crippen molar-refractivity contribution >= 4 is 5.91 Å². The minimum atomic E-state index is 0.0792. The predicted molar refractivity (Wildman–Crippen MR) is 45.9 cm³/mol. The van der Waals surface area contributed by atoms with Crippen LogP contribution in [0.15, 0.2) is 0 Å². The maximum atomic E-state index is 11.2. The number of hydrogen-bond acceptors (Lipinski definition) is 3. The smallest absolute Gasteiger partial charge is 0.234 e. The normalized spacial score (nSPS) is 23.1. The van der Waals surface area contributed by atoms with Gasteiger partial charge in [0.2, 0.25) is 5.91 Å². The molecule has 1 unspecified atom stereocenters. The number of carbonyl (C=O) groups excluding carboxylic acids is 1. The molecular formula is C8H16N2O2. The third kappa shape index (κ3) is 3.19. The Hall–Kier alpha value is -0.610. The highest BCUT2D eigenvalue weighted by Gasteiger charge is 2.17. The first-order valence-electron chi connectivity index (χ1n) is 4.20. The van der Waals surface area contributed by atoms with Crippen molar-refractivity contribution in [3.63, 3.8) is 0 Å². The van der Waals surface area contributed by atoms with Gasteiger partial charge in [-0.1, -0.05) is 0 Å². The van der Waals surface area contributed by atoms with Crippen LogP contribution < -0.4 is 5.32 Å². The first-order chi connectivity index (χ1) is 5.68. The Bertz CT molecular complexity index is 153. The molecule has 1 aliphatic rings. The van der Waals surface area contributed by atoms with Crippen LogP contribution in [0.2, 0.25) is 0 Å². The maximum Gasteiger partial charge on any atom is 0.234 e. The molecule has 1 rings (SSSR count). The molecule has 0 aliphatic carbocycles. The lowest BCUT2D eigenvalue weighted by Crippen LogP contribution is -2.40. The molecule has 1 fully saturated rings. The number of hydrogen-bond donors (Lipinski definition) is 1. The molecule has 4 heteroatoms. The van der Waals surface area contributed by atoms with Crippen molar-refractivity contribution < 1.29 is 9.53 Å². The number of amides is 1. The van der Waals surface area contributed by atoms with Crippen LogP contribution in [0.3, 0.4) is 0 Å². The van der Waals surface area contributed by atoms with Crippen molar-refractivity contribution in [1.82, 2.24) is 10.2 Å². The first kappa shape index (κ1) is 9.48. The summed E-state index contributed by atoms with van der Waals surface area (Å²) in [6, 6.07) is 0.234. The zero-order valence-corrected chi connectivity index (χ0v) is 7.67. The van der Waals surface area contributed by atoms with E-state index in [1.807, 2.05) is 19.0 Å². The Morgan fingerprint density at radius 1 is 1.67 bits per heavy atom. The van der Waals surface area contributed by atoms with Gasteiger partial charge >= 0.3 is 0 Å². The zero-order valence-electron chi connectivity index (χ0n) is 7.67. The Morgan fingerprint density at radius 3 is 2.92 bits per heavy atom. The van der Waals surface area contributed by atoms with Crippen LogP contribution >= 0.6 is 0 Å².